The van der Waals surface area contributed by atoms with Crippen molar-refractivity contribution < 1.29 is 33.3 Å². The number of hydrogen-bond acceptors (Lipinski definition) is 7. The molecule has 8 nitrogen and oxygen atoms in total. The standard InChI is InChI=1S/C16H27NO7/c1-6-22-14(19)12(13(18)21-5)9-11-10-17(7-8-23-11)15(20)24-16(2,3)4/h11-12H,6-10H2,1-5H3. The van der Waals surface area contributed by atoms with E-state index in [1.54, 1.807) is 27.7 Å². The Morgan fingerprint density at radius 3 is 2.46 bits per heavy atom. The fraction of sp³-hybridized carbons (Fsp3) is 0.812. The van der Waals surface area contributed by atoms with Crippen LogP contribution in [0.15, 0.2) is 0 Å². The average molecular weight is 345 g/mol. The maximum Gasteiger partial charge on any atom is 0.410 e. The molecule has 0 bridgehead atoms. The van der Waals surface area contributed by atoms with E-state index in [4.69, 9.17) is 14.2 Å². The van der Waals surface area contributed by atoms with Crippen molar-refractivity contribution >= 4 is 18.0 Å². The van der Waals surface area contributed by atoms with Gasteiger partial charge in [-0.1, -0.05) is 0 Å². The van der Waals surface area contributed by atoms with E-state index in [1.165, 1.54) is 12.0 Å². The number of methoxy groups -OCH3 is 1. The first-order valence-electron chi connectivity index (χ1n) is 8.02. The summed E-state index contributed by atoms with van der Waals surface area (Å²) in [6.45, 7) is 8.14. The largest absolute Gasteiger partial charge is 0.468 e. The lowest BCUT2D eigenvalue weighted by molar-refractivity contribution is -0.163. The first-order valence-corrected chi connectivity index (χ1v) is 8.02. The molecule has 0 N–H and O–H groups in total. The third kappa shape index (κ3) is 6.35. The molecule has 0 aliphatic carbocycles. The fourth-order valence-corrected chi connectivity index (χ4v) is 2.29. The number of carbonyl (C=O) groups excluding carboxylic acids is 3. The Morgan fingerprint density at radius 2 is 1.92 bits per heavy atom. The molecule has 0 radical (unpaired) electrons. The Labute approximate surface area is 142 Å². The molecule has 1 heterocycles. The smallest absolute Gasteiger partial charge is 0.410 e. The summed E-state index contributed by atoms with van der Waals surface area (Å²) in [5.41, 5.74) is -0.593. The maximum atomic E-state index is 12.1. The molecule has 0 aromatic rings. The van der Waals surface area contributed by atoms with Crippen LogP contribution in [0.2, 0.25) is 0 Å². The van der Waals surface area contributed by atoms with Gasteiger partial charge in [-0.2, -0.15) is 0 Å². The van der Waals surface area contributed by atoms with Crippen LogP contribution in [0.25, 0.3) is 0 Å². The van der Waals surface area contributed by atoms with Gasteiger partial charge in [-0.3, -0.25) is 9.59 Å². The van der Waals surface area contributed by atoms with E-state index in [-0.39, 0.29) is 19.6 Å². The van der Waals surface area contributed by atoms with E-state index in [2.05, 4.69) is 4.74 Å². The van der Waals surface area contributed by atoms with Gasteiger partial charge >= 0.3 is 18.0 Å². The second-order valence-corrected chi connectivity index (χ2v) is 6.48. The van der Waals surface area contributed by atoms with E-state index in [0.29, 0.717) is 13.2 Å². The van der Waals surface area contributed by atoms with Crippen molar-refractivity contribution in [2.45, 2.75) is 45.8 Å². The third-order valence-electron chi connectivity index (χ3n) is 3.35. The van der Waals surface area contributed by atoms with Gasteiger partial charge in [0.2, 0.25) is 0 Å². The van der Waals surface area contributed by atoms with Crippen LogP contribution < -0.4 is 0 Å². The lowest BCUT2D eigenvalue weighted by Gasteiger charge is -2.34. The maximum absolute atomic E-state index is 12.1. The highest BCUT2D eigenvalue weighted by Gasteiger charge is 2.35. The van der Waals surface area contributed by atoms with Crippen molar-refractivity contribution in [1.29, 1.82) is 0 Å². The van der Waals surface area contributed by atoms with Crippen molar-refractivity contribution in [1.82, 2.24) is 4.90 Å². The first kappa shape index (κ1) is 20.2. The van der Waals surface area contributed by atoms with Crippen molar-refractivity contribution in [3.05, 3.63) is 0 Å². The SMILES string of the molecule is CCOC(=O)C(CC1CN(C(=O)OC(C)(C)C)CCO1)C(=O)OC. The predicted octanol–water partition coefficient (Wildman–Crippen LogP) is 1.36. The molecule has 8 heteroatoms. The summed E-state index contributed by atoms with van der Waals surface area (Å²) in [6.07, 6.45) is -0.827. The summed E-state index contributed by atoms with van der Waals surface area (Å²) >= 11 is 0. The first-order chi connectivity index (χ1) is 11.2. The second-order valence-electron chi connectivity index (χ2n) is 6.48. The summed E-state index contributed by atoms with van der Waals surface area (Å²) in [7, 11) is 1.21. The molecule has 1 aliphatic rings. The van der Waals surface area contributed by atoms with Crippen LogP contribution in [-0.4, -0.2) is 68.0 Å². The third-order valence-corrected chi connectivity index (χ3v) is 3.35. The monoisotopic (exact) mass is 345 g/mol. The minimum absolute atomic E-state index is 0.0881. The molecular formula is C16H27NO7. The van der Waals surface area contributed by atoms with Gasteiger partial charge in [-0.15, -0.1) is 0 Å². The van der Waals surface area contributed by atoms with E-state index >= 15 is 0 Å². The molecule has 1 amide bonds. The van der Waals surface area contributed by atoms with Gasteiger partial charge < -0.3 is 23.8 Å². The van der Waals surface area contributed by atoms with Crippen LogP contribution in [0.3, 0.4) is 0 Å². The Morgan fingerprint density at radius 1 is 1.25 bits per heavy atom. The van der Waals surface area contributed by atoms with Crippen LogP contribution in [-0.2, 0) is 28.5 Å². The molecule has 0 spiro atoms. The zero-order valence-electron chi connectivity index (χ0n) is 15.0. The summed E-state index contributed by atoms with van der Waals surface area (Å²) < 4.78 is 20.5. The van der Waals surface area contributed by atoms with Crippen molar-refractivity contribution in [2.75, 3.05) is 33.4 Å². The number of nitrogens with zero attached hydrogens (tertiary/aromatic N) is 1. The highest BCUT2D eigenvalue weighted by atomic mass is 16.6. The molecule has 0 aromatic heterocycles. The van der Waals surface area contributed by atoms with Crippen LogP contribution in [0, 0.1) is 5.92 Å². The minimum Gasteiger partial charge on any atom is -0.468 e. The Hall–Kier alpha value is -1.83. The van der Waals surface area contributed by atoms with Gasteiger partial charge in [0.1, 0.15) is 5.60 Å². The Balaban J connectivity index is 2.69. The average Bonchev–Trinajstić information content (AvgIpc) is 2.50. The van der Waals surface area contributed by atoms with E-state index in [9.17, 15) is 14.4 Å². The lowest BCUT2D eigenvalue weighted by Crippen LogP contribution is -2.48. The van der Waals surface area contributed by atoms with E-state index in [0.717, 1.165) is 0 Å². The second kappa shape index (κ2) is 8.86. The molecule has 1 fully saturated rings. The minimum atomic E-state index is -1.07. The number of amides is 1. The van der Waals surface area contributed by atoms with Gasteiger partial charge in [-0.25, -0.2) is 4.79 Å². The molecule has 24 heavy (non-hydrogen) atoms. The number of carbonyl (C=O) groups is 3. The van der Waals surface area contributed by atoms with Gasteiger partial charge in [0.05, 0.1) is 33.0 Å². The van der Waals surface area contributed by atoms with Gasteiger partial charge in [0.15, 0.2) is 5.92 Å². The molecular weight excluding hydrogens is 318 g/mol. The highest BCUT2D eigenvalue weighted by Crippen LogP contribution is 2.19. The fourth-order valence-electron chi connectivity index (χ4n) is 2.29. The molecule has 2 atom stereocenters. The van der Waals surface area contributed by atoms with Gasteiger partial charge in [0.25, 0.3) is 0 Å². The molecule has 1 aliphatic heterocycles. The zero-order chi connectivity index (χ0) is 18.3. The number of rotatable bonds is 5. The Kier molecular flexibility index (Phi) is 7.47. The molecule has 1 rings (SSSR count). The van der Waals surface area contributed by atoms with Crippen LogP contribution in [0.4, 0.5) is 4.79 Å². The van der Waals surface area contributed by atoms with Crippen LogP contribution in [0.5, 0.6) is 0 Å². The number of morpholine rings is 1. The Bertz CT molecular complexity index is 458. The van der Waals surface area contributed by atoms with Crippen LogP contribution >= 0.6 is 0 Å². The molecule has 2 unspecified atom stereocenters. The zero-order valence-corrected chi connectivity index (χ0v) is 15.0. The topological polar surface area (TPSA) is 91.4 Å². The lowest BCUT2D eigenvalue weighted by atomic mass is 10.0. The molecule has 1 saturated heterocycles. The van der Waals surface area contributed by atoms with Crippen LogP contribution in [0.1, 0.15) is 34.1 Å². The quantitative estimate of drug-likeness (QED) is 0.422. The summed E-state index contributed by atoms with van der Waals surface area (Å²) in [6, 6.07) is 0. The number of ether oxygens (including phenoxy) is 4. The normalized spacial score (nSPS) is 19.4. The summed E-state index contributed by atoms with van der Waals surface area (Å²) in [4.78, 5) is 37.4. The number of hydrogen-bond donors (Lipinski definition) is 0. The van der Waals surface area contributed by atoms with Gasteiger partial charge in [0, 0.05) is 6.54 Å². The summed E-state index contributed by atoms with van der Waals surface area (Å²) in [5.74, 6) is -2.40. The number of esters is 2. The van der Waals surface area contributed by atoms with Crippen molar-refractivity contribution in [3.63, 3.8) is 0 Å². The van der Waals surface area contributed by atoms with E-state index in [1.807, 2.05) is 0 Å². The highest BCUT2D eigenvalue weighted by molar-refractivity contribution is 5.94. The predicted molar refractivity (Wildman–Crippen MR) is 84.3 cm³/mol. The summed E-state index contributed by atoms with van der Waals surface area (Å²) in [5, 5.41) is 0. The molecule has 0 aromatic carbocycles. The van der Waals surface area contributed by atoms with Crippen molar-refractivity contribution in [3.8, 4) is 0 Å². The van der Waals surface area contributed by atoms with E-state index < -0.39 is 35.7 Å². The molecule has 138 valence electrons. The van der Waals surface area contributed by atoms with Gasteiger partial charge in [-0.05, 0) is 34.1 Å². The molecule has 0 saturated carbocycles. The van der Waals surface area contributed by atoms with Crippen molar-refractivity contribution in [2.24, 2.45) is 5.92 Å².